The second-order valence-corrected chi connectivity index (χ2v) is 2.84. The SMILES string of the molecule is O=C1N[C@H](O)[C@@H]1c1ccccc1. The molecule has 1 aliphatic rings. The van der Waals surface area contributed by atoms with E-state index in [-0.39, 0.29) is 11.8 Å². The van der Waals surface area contributed by atoms with Crippen molar-refractivity contribution in [2.45, 2.75) is 12.1 Å². The van der Waals surface area contributed by atoms with E-state index in [9.17, 15) is 9.90 Å². The fourth-order valence-electron chi connectivity index (χ4n) is 1.36. The minimum atomic E-state index is -0.708. The topological polar surface area (TPSA) is 49.3 Å². The Morgan fingerprint density at radius 1 is 1.25 bits per heavy atom. The lowest BCUT2D eigenvalue weighted by Crippen LogP contribution is -2.56. The van der Waals surface area contributed by atoms with Crippen LogP contribution in [0.1, 0.15) is 11.5 Å². The molecule has 0 aliphatic carbocycles. The van der Waals surface area contributed by atoms with E-state index in [4.69, 9.17) is 0 Å². The summed E-state index contributed by atoms with van der Waals surface area (Å²) in [6.45, 7) is 0. The van der Waals surface area contributed by atoms with Gasteiger partial charge in [-0.3, -0.25) is 4.79 Å². The Morgan fingerprint density at radius 2 is 1.92 bits per heavy atom. The monoisotopic (exact) mass is 163 g/mol. The molecule has 1 fully saturated rings. The van der Waals surface area contributed by atoms with Crippen LogP contribution in [0, 0.1) is 0 Å². The van der Waals surface area contributed by atoms with Crippen LogP contribution in [0.15, 0.2) is 30.3 Å². The van der Waals surface area contributed by atoms with Gasteiger partial charge in [0, 0.05) is 0 Å². The Balaban J connectivity index is 2.26. The van der Waals surface area contributed by atoms with Crippen LogP contribution in [0.4, 0.5) is 0 Å². The maximum Gasteiger partial charge on any atom is 0.234 e. The maximum atomic E-state index is 11.0. The van der Waals surface area contributed by atoms with Gasteiger partial charge in [-0.15, -0.1) is 0 Å². The largest absolute Gasteiger partial charge is 0.373 e. The molecule has 1 aromatic carbocycles. The summed E-state index contributed by atoms with van der Waals surface area (Å²) in [4.78, 5) is 11.0. The van der Waals surface area contributed by atoms with Crippen molar-refractivity contribution >= 4 is 5.91 Å². The first-order chi connectivity index (χ1) is 5.79. The van der Waals surface area contributed by atoms with Gasteiger partial charge in [0.15, 0.2) is 0 Å². The molecule has 62 valence electrons. The van der Waals surface area contributed by atoms with Crippen LogP contribution in [0.3, 0.4) is 0 Å². The van der Waals surface area contributed by atoms with Gasteiger partial charge in [-0.25, -0.2) is 0 Å². The lowest BCUT2D eigenvalue weighted by Gasteiger charge is -2.32. The number of carbonyl (C=O) groups is 1. The lowest BCUT2D eigenvalue weighted by molar-refractivity contribution is -0.139. The van der Waals surface area contributed by atoms with Crippen molar-refractivity contribution in [3.8, 4) is 0 Å². The van der Waals surface area contributed by atoms with E-state index in [0.717, 1.165) is 5.56 Å². The van der Waals surface area contributed by atoms with E-state index in [1.54, 1.807) is 0 Å². The molecule has 0 unspecified atom stereocenters. The standard InChI is InChI=1S/C9H9NO2/c11-8-7(9(12)10-8)6-4-2-1-3-5-6/h1-5,7-8,11H,(H,10,12)/t7-,8+/m0/s1. The van der Waals surface area contributed by atoms with Gasteiger partial charge >= 0.3 is 0 Å². The molecule has 1 aliphatic heterocycles. The highest BCUT2D eigenvalue weighted by Gasteiger charge is 2.38. The van der Waals surface area contributed by atoms with Crippen molar-refractivity contribution in [3.05, 3.63) is 35.9 Å². The van der Waals surface area contributed by atoms with Crippen LogP contribution in [0.2, 0.25) is 0 Å². The summed E-state index contributed by atoms with van der Waals surface area (Å²) < 4.78 is 0. The molecule has 0 aromatic heterocycles. The molecule has 0 radical (unpaired) electrons. The first-order valence-corrected chi connectivity index (χ1v) is 3.82. The number of carbonyl (C=O) groups excluding carboxylic acids is 1. The molecule has 1 aromatic rings. The number of hydrogen-bond acceptors (Lipinski definition) is 2. The predicted octanol–water partition coefficient (Wildman–Crippen LogP) is 0.218. The van der Waals surface area contributed by atoms with Gasteiger partial charge < -0.3 is 10.4 Å². The molecule has 2 rings (SSSR count). The zero-order chi connectivity index (χ0) is 8.55. The third-order valence-corrected chi connectivity index (χ3v) is 2.05. The van der Waals surface area contributed by atoms with Crippen LogP contribution in [-0.2, 0) is 4.79 Å². The second kappa shape index (κ2) is 2.60. The minimum absolute atomic E-state index is 0.103. The number of nitrogens with one attached hydrogen (secondary N) is 1. The van der Waals surface area contributed by atoms with E-state index in [1.807, 2.05) is 30.3 Å². The molecule has 3 heteroatoms. The van der Waals surface area contributed by atoms with E-state index in [0.29, 0.717) is 0 Å². The van der Waals surface area contributed by atoms with Gasteiger partial charge in [-0.05, 0) is 5.56 Å². The normalized spacial score (nSPS) is 27.6. The molecule has 3 nitrogen and oxygen atoms in total. The molecule has 0 saturated carbocycles. The average molecular weight is 163 g/mol. The third-order valence-electron chi connectivity index (χ3n) is 2.05. The number of hydrogen-bond donors (Lipinski definition) is 2. The summed E-state index contributed by atoms with van der Waals surface area (Å²) in [7, 11) is 0. The molecular formula is C9H9NO2. The Kier molecular flexibility index (Phi) is 1.59. The number of aliphatic hydroxyl groups is 1. The number of β-lactam (4-membered cyclic amide) rings is 1. The van der Waals surface area contributed by atoms with Crippen molar-refractivity contribution in [1.82, 2.24) is 5.32 Å². The number of benzene rings is 1. The molecule has 0 bridgehead atoms. The number of aliphatic hydroxyl groups excluding tert-OH is 1. The molecular weight excluding hydrogens is 154 g/mol. The summed E-state index contributed by atoms with van der Waals surface area (Å²) in [5, 5.41) is 11.6. The van der Waals surface area contributed by atoms with E-state index >= 15 is 0 Å². The molecule has 0 spiro atoms. The van der Waals surface area contributed by atoms with Crippen LogP contribution in [-0.4, -0.2) is 17.2 Å². The van der Waals surface area contributed by atoms with Crippen LogP contribution in [0.5, 0.6) is 0 Å². The lowest BCUT2D eigenvalue weighted by atomic mass is 9.91. The van der Waals surface area contributed by atoms with E-state index < -0.39 is 6.23 Å². The highest BCUT2D eigenvalue weighted by molar-refractivity contribution is 5.90. The summed E-state index contributed by atoms with van der Waals surface area (Å²) in [6, 6.07) is 9.27. The van der Waals surface area contributed by atoms with Gasteiger partial charge in [0.25, 0.3) is 0 Å². The van der Waals surface area contributed by atoms with Crippen molar-refractivity contribution < 1.29 is 9.90 Å². The highest BCUT2D eigenvalue weighted by Crippen LogP contribution is 2.25. The summed E-state index contributed by atoms with van der Waals surface area (Å²) in [6.07, 6.45) is -0.708. The highest BCUT2D eigenvalue weighted by atomic mass is 16.3. The number of rotatable bonds is 1. The molecule has 1 heterocycles. The molecule has 2 N–H and O–H groups in total. The minimum Gasteiger partial charge on any atom is -0.373 e. The molecule has 12 heavy (non-hydrogen) atoms. The van der Waals surface area contributed by atoms with Crippen molar-refractivity contribution in [3.63, 3.8) is 0 Å². The Bertz CT molecular complexity index is 297. The van der Waals surface area contributed by atoms with Gasteiger partial charge in [-0.1, -0.05) is 30.3 Å². The summed E-state index contributed by atoms with van der Waals surface area (Å²) >= 11 is 0. The smallest absolute Gasteiger partial charge is 0.234 e. The fraction of sp³-hybridized carbons (Fsp3) is 0.222. The van der Waals surface area contributed by atoms with Crippen LogP contribution < -0.4 is 5.32 Å². The van der Waals surface area contributed by atoms with Crippen LogP contribution in [0.25, 0.3) is 0 Å². The van der Waals surface area contributed by atoms with E-state index in [2.05, 4.69) is 5.32 Å². The van der Waals surface area contributed by atoms with Gasteiger partial charge in [-0.2, -0.15) is 0 Å². The first kappa shape index (κ1) is 7.31. The Morgan fingerprint density at radius 3 is 2.42 bits per heavy atom. The number of amides is 1. The molecule has 1 saturated heterocycles. The summed E-state index contributed by atoms with van der Waals surface area (Å²) in [5.41, 5.74) is 0.869. The molecule has 2 atom stereocenters. The van der Waals surface area contributed by atoms with Gasteiger partial charge in [0.05, 0.1) is 0 Å². The summed E-state index contributed by atoms with van der Waals surface area (Å²) in [5.74, 6) is -0.472. The maximum absolute atomic E-state index is 11.0. The fourth-order valence-corrected chi connectivity index (χ4v) is 1.36. The average Bonchev–Trinajstić information content (AvgIpc) is 2.05. The Hall–Kier alpha value is -1.35. The quantitative estimate of drug-likeness (QED) is 0.582. The Labute approximate surface area is 70.0 Å². The van der Waals surface area contributed by atoms with Crippen LogP contribution >= 0.6 is 0 Å². The van der Waals surface area contributed by atoms with Crippen molar-refractivity contribution in [2.24, 2.45) is 0 Å². The molecule has 1 amide bonds. The van der Waals surface area contributed by atoms with Gasteiger partial charge in [0.1, 0.15) is 12.1 Å². The zero-order valence-electron chi connectivity index (χ0n) is 6.40. The van der Waals surface area contributed by atoms with E-state index in [1.165, 1.54) is 0 Å². The third kappa shape index (κ3) is 0.987. The van der Waals surface area contributed by atoms with Crippen molar-refractivity contribution in [1.29, 1.82) is 0 Å². The zero-order valence-corrected chi connectivity index (χ0v) is 6.40. The second-order valence-electron chi connectivity index (χ2n) is 2.84. The van der Waals surface area contributed by atoms with Crippen molar-refractivity contribution in [2.75, 3.05) is 0 Å². The first-order valence-electron chi connectivity index (χ1n) is 3.82. The van der Waals surface area contributed by atoms with Gasteiger partial charge in [0.2, 0.25) is 5.91 Å². The predicted molar refractivity (Wildman–Crippen MR) is 43.3 cm³/mol.